The highest BCUT2D eigenvalue weighted by molar-refractivity contribution is 5.93. The van der Waals surface area contributed by atoms with Crippen LogP contribution in [0, 0.1) is 23.2 Å². The third kappa shape index (κ3) is 7.18. The maximum Gasteiger partial charge on any atom is 0.408 e. The number of alkyl carbamates (subject to hydrolysis) is 1. The average molecular weight is 649 g/mol. The van der Waals surface area contributed by atoms with Gasteiger partial charge in [-0.25, -0.2) is 9.59 Å². The fourth-order valence-corrected chi connectivity index (χ4v) is 9.03. The maximum absolute atomic E-state index is 13.0. The van der Waals surface area contributed by atoms with Crippen LogP contribution in [0.15, 0.2) is 47.1 Å². The van der Waals surface area contributed by atoms with E-state index in [0.717, 1.165) is 44.2 Å². The number of carbonyl (C=O) groups excluding carboxylic acids is 3. The van der Waals surface area contributed by atoms with Crippen LogP contribution in [0.5, 0.6) is 0 Å². The lowest BCUT2D eigenvalue weighted by Crippen LogP contribution is -2.51. The van der Waals surface area contributed by atoms with Crippen molar-refractivity contribution in [1.82, 2.24) is 5.32 Å². The molecule has 0 aromatic heterocycles. The van der Waals surface area contributed by atoms with Crippen LogP contribution in [0.3, 0.4) is 0 Å². The molecular formula is C39H56N2O6. The van der Waals surface area contributed by atoms with Gasteiger partial charge < -0.3 is 24.8 Å². The van der Waals surface area contributed by atoms with Gasteiger partial charge in [-0.15, -0.1) is 0 Å². The fraction of sp³-hybridized carbons (Fsp3) is 0.667. The van der Waals surface area contributed by atoms with Gasteiger partial charge in [0.05, 0.1) is 12.2 Å². The molecule has 0 spiro atoms. The molecule has 8 heteroatoms. The van der Waals surface area contributed by atoms with E-state index in [1.54, 1.807) is 20.8 Å². The summed E-state index contributed by atoms with van der Waals surface area (Å²) < 4.78 is 11.0. The highest BCUT2D eigenvalue weighted by atomic mass is 16.6. The summed E-state index contributed by atoms with van der Waals surface area (Å²) in [4.78, 5) is 39.9. The summed E-state index contributed by atoms with van der Waals surface area (Å²) in [6.07, 6.45) is 8.23. The number of hydrogen-bond donors (Lipinski definition) is 2. The van der Waals surface area contributed by atoms with Crippen LogP contribution in [-0.2, 0) is 19.1 Å². The minimum absolute atomic E-state index is 0.170. The topological polar surface area (TPSA) is 105 Å². The quantitative estimate of drug-likeness (QED) is 0.215. The number of amides is 1. The zero-order valence-electron chi connectivity index (χ0n) is 29.8. The molecule has 258 valence electrons. The molecule has 0 radical (unpaired) electrons. The lowest BCUT2D eigenvalue weighted by atomic mass is 9.51. The Morgan fingerprint density at radius 3 is 2.43 bits per heavy atom. The Morgan fingerprint density at radius 1 is 1.09 bits per heavy atom. The second-order valence-corrected chi connectivity index (χ2v) is 16.2. The summed E-state index contributed by atoms with van der Waals surface area (Å²) in [5.41, 5.74) is 4.74. The number of ether oxygens (including phenoxy) is 2. The van der Waals surface area contributed by atoms with Gasteiger partial charge in [0.25, 0.3) is 0 Å². The van der Waals surface area contributed by atoms with Crippen molar-refractivity contribution in [3.63, 3.8) is 0 Å². The van der Waals surface area contributed by atoms with Gasteiger partial charge >= 0.3 is 12.1 Å². The van der Waals surface area contributed by atoms with Crippen LogP contribution in [0.4, 0.5) is 10.5 Å². The molecule has 0 bridgehead atoms. The highest BCUT2D eigenvalue weighted by Crippen LogP contribution is 2.67. The van der Waals surface area contributed by atoms with Crippen LogP contribution < -0.4 is 10.2 Å². The van der Waals surface area contributed by atoms with Crippen molar-refractivity contribution in [1.29, 1.82) is 0 Å². The first-order valence-corrected chi connectivity index (χ1v) is 17.7. The monoisotopic (exact) mass is 648 g/mol. The minimum Gasteiger partial charge on any atom is -0.464 e. The molecule has 6 atom stereocenters. The second-order valence-electron chi connectivity index (χ2n) is 16.2. The number of nitrogens with zero attached hydrogens (tertiary/aromatic N) is 1. The Kier molecular flexibility index (Phi) is 10.0. The third-order valence-electron chi connectivity index (χ3n) is 11.4. The summed E-state index contributed by atoms with van der Waals surface area (Å²) in [6, 6.07) is 8.07. The van der Waals surface area contributed by atoms with Gasteiger partial charge in [0.2, 0.25) is 0 Å². The van der Waals surface area contributed by atoms with E-state index in [1.807, 2.05) is 19.9 Å². The van der Waals surface area contributed by atoms with Gasteiger partial charge in [0.1, 0.15) is 11.6 Å². The predicted molar refractivity (Wildman–Crippen MR) is 184 cm³/mol. The zero-order valence-corrected chi connectivity index (χ0v) is 29.8. The first-order chi connectivity index (χ1) is 22.0. The predicted octanol–water partition coefficient (Wildman–Crippen LogP) is 7.26. The Morgan fingerprint density at radius 2 is 1.79 bits per heavy atom. The second kappa shape index (κ2) is 13.4. The molecule has 2 saturated carbocycles. The number of rotatable bonds is 9. The van der Waals surface area contributed by atoms with Crippen LogP contribution >= 0.6 is 0 Å². The van der Waals surface area contributed by atoms with Gasteiger partial charge in [0.15, 0.2) is 5.78 Å². The molecule has 0 aliphatic heterocycles. The molecule has 8 nitrogen and oxygen atoms in total. The Balaban J connectivity index is 1.33. The molecule has 2 fully saturated rings. The van der Waals surface area contributed by atoms with E-state index in [-0.39, 0.29) is 29.6 Å². The van der Waals surface area contributed by atoms with E-state index >= 15 is 0 Å². The van der Waals surface area contributed by atoms with Crippen molar-refractivity contribution in [3.8, 4) is 0 Å². The lowest BCUT2D eigenvalue weighted by molar-refractivity contribution is -0.148. The fourth-order valence-electron chi connectivity index (χ4n) is 9.03. The molecule has 4 aliphatic rings. The van der Waals surface area contributed by atoms with Crippen molar-refractivity contribution in [2.75, 3.05) is 25.6 Å². The molecule has 1 aromatic rings. The summed E-state index contributed by atoms with van der Waals surface area (Å²) in [6.45, 7) is 11.5. The first-order valence-electron chi connectivity index (χ1n) is 17.7. The number of fused-ring (bicyclic) bond motifs is 4. The van der Waals surface area contributed by atoms with Crippen molar-refractivity contribution < 1.29 is 29.0 Å². The van der Waals surface area contributed by atoms with E-state index < -0.39 is 29.3 Å². The van der Waals surface area contributed by atoms with Crippen molar-refractivity contribution in [2.45, 2.75) is 122 Å². The molecule has 0 unspecified atom stereocenters. The standard InChI is InChI=1S/C39H56N2O6/c1-24(2)34(40-36(44)47-37(3,4)5)35(43)46-21-9-19-39(45)20-18-32-30-16-12-26-22-28(42)15-17-29(26)33(30)31(23-38(32,39)6)25-10-13-27(14-11-25)41(7)8/h10-11,13-14,22,24,30-32,34,45H,9,12,15-21,23H2,1-8H3,(H,40,44)/t30-,31+,32-,34-,38+,39-/m0/s1. The van der Waals surface area contributed by atoms with E-state index in [1.165, 1.54) is 22.3 Å². The molecule has 0 heterocycles. The zero-order chi connectivity index (χ0) is 34.3. The summed E-state index contributed by atoms with van der Waals surface area (Å²) in [7, 11) is 4.10. The van der Waals surface area contributed by atoms with Crippen LogP contribution in [-0.4, -0.2) is 60.9 Å². The molecule has 1 aromatic carbocycles. The molecule has 2 N–H and O–H groups in total. The van der Waals surface area contributed by atoms with Gasteiger partial charge in [-0.2, -0.15) is 0 Å². The Hall–Kier alpha value is -3.13. The van der Waals surface area contributed by atoms with Gasteiger partial charge in [-0.05, 0) is 125 Å². The maximum atomic E-state index is 13.0. The van der Waals surface area contributed by atoms with E-state index in [9.17, 15) is 19.5 Å². The number of allylic oxidation sites excluding steroid dienone is 4. The van der Waals surface area contributed by atoms with Crippen LogP contribution in [0.1, 0.15) is 111 Å². The number of anilines is 1. The highest BCUT2D eigenvalue weighted by Gasteiger charge is 2.62. The summed E-state index contributed by atoms with van der Waals surface area (Å²) in [5.74, 6) is 0.503. The molecule has 47 heavy (non-hydrogen) atoms. The SMILES string of the molecule is CC(C)[C@H](NC(=O)OC(C)(C)C)C(=O)OCCC[C@]1(O)CC[C@H]2[C@@H]3CCC4=CC(=O)CCC4=C3[C@@H](c3ccc(N(C)C)cc3)C[C@]21C. The molecule has 5 rings (SSSR count). The van der Waals surface area contributed by atoms with E-state index in [4.69, 9.17) is 9.47 Å². The number of aliphatic hydroxyl groups is 1. The van der Waals surface area contributed by atoms with Crippen molar-refractivity contribution in [2.24, 2.45) is 23.2 Å². The van der Waals surface area contributed by atoms with Crippen molar-refractivity contribution >= 4 is 23.5 Å². The Bertz CT molecular complexity index is 1420. The van der Waals surface area contributed by atoms with E-state index in [2.05, 4.69) is 55.5 Å². The van der Waals surface area contributed by atoms with Gasteiger partial charge in [-0.1, -0.05) is 38.5 Å². The number of carbonyl (C=O) groups is 3. The molecular weight excluding hydrogens is 592 g/mol. The summed E-state index contributed by atoms with van der Waals surface area (Å²) in [5, 5.41) is 15.2. The number of ketones is 1. The minimum atomic E-state index is -0.882. The lowest BCUT2D eigenvalue weighted by Gasteiger charge is -2.55. The average Bonchev–Trinajstić information content (AvgIpc) is 3.26. The Labute approximate surface area is 281 Å². The number of nitrogens with one attached hydrogen (secondary N) is 1. The van der Waals surface area contributed by atoms with Crippen LogP contribution in [0.25, 0.3) is 0 Å². The largest absolute Gasteiger partial charge is 0.464 e. The van der Waals surface area contributed by atoms with E-state index in [0.29, 0.717) is 31.1 Å². The molecule has 1 amide bonds. The van der Waals surface area contributed by atoms with Gasteiger partial charge in [0, 0.05) is 37.5 Å². The molecule has 4 aliphatic carbocycles. The van der Waals surface area contributed by atoms with Gasteiger partial charge in [-0.3, -0.25) is 4.79 Å². The molecule has 0 saturated heterocycles. The summed E-state index contributed by atoms with van der Waals surface area (Å²) >= 11 is 0. The number of hydrogen-bond acceptors (Lipinski definition) is 7. The van der Waals surface area contributed by atoms with Crippen LogP contribution in [0.2, 0.25) is 0 Å². The number of esters is 1. The number of benzene rings is 1. The van der Waals surface area contributed by atoms with Crippen molar-refractivity contribution in [3.05, 3.63) is 52.6 Å². The first kappa shape index (κ1) is 35.2. The normalized spacial score (nSPS) is 29.4. The smallest absolute Gasteiger partial charge is 0.408 e. The third-order valence-corrected chi connectivity index (χ3v) is 11.4.